The SMILES string of the molecule is C#CCC(C)NC(=O)c1cc(O)ccc1N. The lowest BCUT2D eigenvalue weighted by Gasteiger charge is -2.12. The van der Waals surface area contributed by atoms with Gasteiger partial charge in [0.05, 0.1) is 5.56 Å². The van der Waals surface area contributed by atoms with E-state index in [1.807, 2.05) is 0 Å². The summed E-state index contributed by atoms with van der Waals surface area (Å²) in [5.74, 6) is 2.12. The first-order valence-electron chi connectivity index (χ1n) is 4.87. The molecule has 1 atom stereocenters. The molecule has 0 saturated carbocycles. The van der Waals surface area contributed by atoms with Gasteiger partial charge >= 0.3 is 0 Å². The van der Waals surface area contributed by atoms with Crippen molar-refractivity contribution in [3.63, 3.8) is 0 Å². The lowest BCUT2D eigenvalue weighted by Crippen LogP contribution is -2.32. The molecule has 0 aromatic heterocycles. The number of terminal acetylenes is 1. The molecule has 16 heavy (non-hydrogen) atoms. The molecule has 0 fully saturated rings. The van der Waals surface area contributed by atoms with Crippen molar-refractivity contribution in [3.8, 4) is 18.1 Å². The number of phenolic OH excluding ortho intramolecular Hbond substituents is 1. The van der Waals surface area contributed by atoms with Crippen molar-refractivity contribution in [2.75, 3.05) is 5.73 Å². The monoisotopic (exact) mass is 218 g/mol. The summed E-state index contributed by atoms with van der Waals surface area (Å²) >= 11 is 0. The third-order valence-corrected chi connectivity index (χ3v) is 2.08. The van der Waals surface area contributed by atoms with Gasteiger partial charge < -0.3 is 16.2 Å². The van der Waals surface area contributed by atoms with Gasteiger partial charge in [0.2, 0.25) is 0 Å². The van der Waals surface area contributed by atoms with E-state index in [1.165, 1.54) is 18.2 Å². The molecule has 84 valence electrons. The maximum Gasteiger partial charge on any atom is 0.253 e. The number of phenols is 1. The lowest BCUT2D eigenvalue weighted by molar-refractivity contribution is 0.0941. The van der Waals surface area contributed by atoms with Crippen molar-refractivity contribution in [2.45, 2.75) is 19.4 Å². The van der Waals surface area contributed by atoms with Crippen molar-refractivity contribution < 1.29 is 9.90 Å². The second-order valence-corrected chi connectivity index (χ2v) is 3.55. The molecule has 4 heteroatoms. The summed E-state index contributed by atoms with van der Waals surface area (Å²) in [7, 11) is 0. The molecule has 0 bridgehead atoms. The Balaban J connectivity index is 2.81. The zero-order valence-corrected chi connectivity index (χ0v) is 9.03. The average Bonchev–Trinajstić information content (AvgIpc) is 2.21. The highest BCUT2D eigenvalue weighted by atomic mass is 16.3. The van der Waals surface area contributed by atoms with Crippen molar-refractivity contribution in [1.29, 1.82) is 0 Å². The Hall–Kier alpha value is -2.15. The molecule has 0 saturated heterocycles. The van der Waals surface area contributed by atoms with Crippen LogP contribution in [0, 0.1) is 12.3 Å². The van der Waals surface area contributed by atoms with E-state index in [4.69, 9.17) is 12.2 Å². The van der Waals surface area contributed by atoms with Crippen molar-refractivity contribution >= 4 is 11.6 Å². The topological polar surface area (TPSA) is 75.3 Å². The molecule has 0 aliphatic rings. The molecule has 1 rings (SSSR count). The first-order chi connectivity index (χ1) is 7.54. The number of carbonyl (C=O) groups excluding carboxylic acids is 1. The molecule has 1 unspecified atom stereocenters. The predicted octanol–water partition coefficient (Wildman–Crippen LogP) is 1.12. The van der Waals surface area contributed by atoms with Gasteiger partial charge in [-0.1, -0.05) is 0 Å². The normalized spacial score (nSPS) is 11.5. The van der Waals surface area contributed by atoms with E-state index in [1.54, 1.807) is 6.92 Å². The summed E-state index contributed by atoms with van der Waals surface area (Å²) in [6.07, 6.45) is 5.58. The van der Waals surface area contributed by atoms with Gasteiger partial charge in [0, 0.05) is 18.2 Å². The minimum Gasteiger partial charge on any atom is -0.508 e. The molecule has 1 amide bonds. The van der Waals surface area contributed by atoms with Crippen LogP contribution in [0.2, 0.25) is 0 Å². The Bertz CT molecular complexity index is 435. The molecule has 0 heterocycles. The van der Waals surface area contributed by atoms with Gasteiger partial charge in [-0.15, -0.1) is 12.3 Å². The Labute approximate surface area is 94.5 Å². The maximum atomic E-state index is 11.7. The zero-order valence-electron chi connectivity index (χ0n) is 9.03. The van der Waals surface area contributed by atoms with Gasteiger partial charge in [0.25, 0.3) is 5.91 Å². The molecule has 0 spiro atoms. The maximum absolute atomic E-state index is 11.7. The predicted molar refractivity (Wildman–Crippen MR) is 62.9 cm³/mol. The Morgan fingerprint density at radius 2 is 2.38 bits per heavy atom. The summed E-state index contributed by atoms with van der Waals surface area (Å²) in [5.41, 5.74) is 6.20. The molecule has 0 aliphatic carbocycles. The standard InChI is InChI=1S/C12H14N2O2/c1-3-4-8(2)14-12(16)10-7-9(15)5-6-11(10)13/h1,5-8,15H,4,13H2,2H3,(H,14,16). The summed E-state index contributed by atoms with van der Waals surface area (Å²) in [6, 6.07) is 4.11. The van der Waals surface area contributed by atoms with Crippen LogP contribution in [0.1, 0.15) is 23.7 Å². The van der Waals surface area contributed by atoms with Crippen LogP contribution in [0.15, 0.2) is 18.2 Å². The molecule has 1 aromatic carbocycles. The average molecular weight is 218 g/mol. The van der Waals surface area contributed by atoms with E-state index in [2.05, 4.69) is 11.2 Å². The smallest absolute Gasteiger partial charge is 0.253 e. The van der Waals surface area contributed by atoms with E-state index < -0.39 is 0 Å². The highest BCUT2D eigenvalue weighted by molar-refractivity contribution is 5.99. The fraction of sp³-hybridized carbons (Fsp3) is 0.250. The minimum atomic E-state index is -0.337. The van der Waals surface area contributed by atoms with E-state index in [0.29, 0.717) is 12.1 Å². The van der Waals surface area contributed by atoms with Gasteiger partial charge in [-0.2, -0.15) is 0 Å². The number of amides is 1. The summed E-state index contributed by atoms with van der Waals surface area (Å²) < 4.78 is 0. The highest BCUT2D eigenvalue weighted by Gasteiger charge is 2.12. The summed E-state index contributed by atoms with van der Waals surface area (Å²) in [5, 5.41) is 11.9. The van der Waals surface area contributed by atoms with Crippen molar-refractivity contribution in [3.05, 3.63) is 23.8 Å². The number of nitrogens with two attached hydrogens (primary N) is 1. The second kappa shape index (κ2) is 5.08. The van der Waals surface area contributed by atoms with Gasteiger partial charge in [-0.05, 0) is 25.1 Å². The van der Waals surface area contributed by atoms with Crippen LogP contribution in [-0.2, 0) is 0 Å². The third kappa shape index (κ3) is 2.92. The number of carbonyl (C=O) groups is 1. The molecular weight excluding hydrogens is 204 g/mol. The van der Waals surface area contributed by atoms with Gasteiger partial charge in [0.1, 0.15) is 5.75 Å². The quantitative estimate of drug-likeness (QED) is 0.404. The molecule has 0 radical (unpaired) electrons. The fourth-order valence-corrected chi connectivity index (χ4v) is 1.27. The Morgan fingerprint density at radius 1 is 1.69 bits per heavy atom. The molecule has 1 aromatic rings. The second-order valence-electron chi connectivity index (χ2n) is 3.55. The first-order valence-corrected chi connectivity index (χ1v) is 4.87. The van der Waals surface area contributed by atoms with Crippen LogP contribution in [0.25, 0.3) is 0 Å². The minimum absolute atomic E-state index is 0.00366. The van der Waals surface area contributed by atoms with Crippen LogP contribution >= 0.6 is 0 Å². The largest absolute Gasteiger partial charge is 0.508 e. The van der Waals surface area contributed by atoms with Crippen molar-refractivity contribution in [2.24, 2.45) is 0 Å². The van der Waals surface area contributed by atoms with Crippen LogP contribution in [-0.4, -0.2) is 17.1 Å². The van der Waals surface area contributed by atoms with Crippen LogP contribution < -0.4 is 11.1 Å². The van der Waals surface area contributed by atoms with Gasteiger partial charge in [-0.25, -0.2) is 0 Å². The van der Waals surface area contributed by atoms with E-state index in [9.17, 15) is 9.90 Å². The number of nitrogen functional groups attached to an aromatic ring is 1. The van der Waals surface area contributed by atoms with Gasteiger partial charge in [0.15, 0.2) is 0 Å². The number of hydrogen-bond donors (Lipinski definition) is 3. The first kappa shape index (κ1) is 11.9. The van der Waals surface area contributed by atoms with Crippen LogP contribution in [0.5, 0.6) is 5.75 Å². The van der Waals surface area contributed by atoms with Crippen molar-refractivity contribution in [1.82, 2.24) is 5.32 Å². The molecule has 0 aliphatic heterocycles. The van der Waals surface area contributed by atoms with E-state index in [0.717, 1.165) is 0 Å². The summed E-state index contributed by atoms with van der Waals surface area (Å²) in [4.78, 5) is 11.7. The number of benzene rings is 1. The number of anilines is 1. The third-order valence-electron chi connectivity index (χ3n) is 2.08. The Kier molecular flexibility index (Phi) is 3.78. The van der Waals surface area contributed by atoms with Crippen LogP contribution in [0.3, 0.4) is 0 Å². The van der Waals surface area contributed by atoms with Gasteiger partial charge in [-0.3, -0.25) is 4.79 Å². The summed E-state index contributed by atoms with van der Waals surface area (Å²) in [6.45, 7) is 1.80. The fourth-order valence-electron chi connectivity index (χ4n) is 1.27. The van der Waals surface area contributed by atoms with E-state index >= 15 is 0 Å². The van der Waals surface area contributed by atoms with E-state index in [-0.39, 0.29) is 23.3 Å². The zero-order chi connectivity index (χ0) is 12.1. The number of rotatable bonds is 3. The number of nitrogens with one attached hydrogen (secondary N) is 1. The lowest BCUT2D eigenvalue weighted by atomic mass is 10.1. The van der Waals surface area contributed by atoms with Crippen LogP contribution in [0.4, 0.5) is 5.69 Å². The molecular formula is C12H14N2O2. The molecule has 4 N–H and O–H groups in total. The Morgan fingerprint density at radius 3 is 3.00 bits per heavy atom. The number of hydrogen-bond acceptors (Lipinski definition) is 3. The highest BCUT2D eigenvalue weighted by Crippen LogP contribution is 2.18. The number of aromatic hydroxyl groups is 1. The molecule has 4 nitrogen and oxygen atoms in total.